The van der Waals surface area contributed by atoms with Crippen LogP contribution in [0.2, 0.25) is 0 Å². The third-order valence-corrected chi connectivity index (χ3v) is 3.03. The second kappa shape index (κ2) is 5.44. The number of alkyl halides is 5. The van der Waals surface area contributed by atoms with Gasteiger partial charge in [-0.1, -0.05) is 48.5 Å². The first-order valence-corrected chi connectivity index (χ1v) is 6.01. The fourth-order valence-electron chi connectivity index (χ4n) is 1.88. The summed E-state index contributed by atoms with van der Waals surface area (Å²) in [6.45, 7) is 0. The second-order valence-corrected chi connectivity index (χ2v) is 4.51. The molecule has 0 aliphatic heterocycles. The van der Waals surface area contributed by atoms with E-state index in [9.17, 15) is 27.1 Å². The molecular weight excluding hydrogens is 291 g/mol. The molecule has 0 heterocycles. The Hall–Kier alpha value is -1.95. The first kappa shape index (κ1) is 15.4. The molecule has 0 bridgehead atoms. The highest BCUT2D eigenvalue weighted by Crippen LogP contribution is 2.44. The molecule has 0 amide bonds. The number of halogens is 5. The van der Waals surface area contributed by atoms with Crippen molar-refractivity contribution in [2.45, 2.75) is 18.2 Å². The summed E-state index contributed by atoms with van der Waals surface area (Å²) in [5, 5.41) is 9.39. The van der Waals surface area contributed by atoms with Gasteiger partial charge in [-0.25, -0.2) is 0 Å². The van der Waals surface area contributed by atoms with Gasteiger partial charge in [0.25, 0.3) is 0 Å². The lowest BCUT2D eigenvalue weighted by molar-refractivity contribution is -0.315. The van der Waals surface area contributed by atoms with Gasteiger partial charge in [0.05, 0.1) is 0 Å². The van der Waals surface area contributed by atoms with E-state index in [0.29, 0.717) is 11.1 Å². The van der Waals surface area contributed by atoms with Gasteiger partial charge >= 0.3 is 12.1 Å². The average Bonchev–Trinajstić information content (AvgIpc) is 2.46. The fourth-order valence-corrected chi connectivity index (χ4v) is 1.88. The van der Waals surface area contributed by atoms with Gasteiger partial charge in [0.15, 0.2) is 6.10 Å². The summed E-state index contributed by atoms with van der Waals surface area (Å²) in [7, 11) is 0. The van der Waals surface area contributed by atoms with Crippen LogP contribution in [0.1, 0.15) is 11.7 Å². The van der Waals surface area contributed by atoms with Gasteiger partial charge in [-0.05, 0) is 22.8 Å². The quantitative estimate of drug-likeness (QED) is 0.823. The molecule has 1 N–H and O–H groups in total. The Morgan fingerprint density at radius 3 is 1.90 bits per heavy atom. The van der Waals surface area contributed by atoms with Crippen LogP contribution in [0.25, 0.3) is 11.1 Å². The van der Waals surface area contributed by atoms with Crippen molar-refractivity contribution in [2.75, 3.05) is 0 Å². The van der Waals surface area contributed by atoms with Crippen LogP contribution in [-0.2, 0) is 0 Å². The van der Waals surface area contributed by atoms with Crippen LogP contribution in [0.3, 0.4) is 0 Å². The predicted molar refractivity (Wildman–Crippen MR) is 67.8 cm³/mol. The lowest BCUT2D eigenvalue weighted by atomic mass is 9.98. The Kier molecular flexibility index (Phi) is 4.00. The molecule has 0 aliphatic carbocycles. The topological polar surface area (TPSA) is 20.2 Å². The third kappa shape index (κ3) is 3.05. The molecule has 0 aliphatic rings. The van der Waals surface area contributed by atoms with Crippen molar-refractivity contribution < 1.29 is 27.1 Å². The molecule has 0 aromatic heterocycles. The molecule has 6 heteroatoms. The molecule has 0 radical (unpaired) electrons. The lowest BCUT2D eigenvalue weighted by Crippen LogP contribution is -2.42. The van der Waals surface area contributed by atoms with Crippen LogP contribution >= 0.6 is 0 Å². The van der Waals surface area contributed by atoms with E-state index in [0.717, 1.165) is 12.1 Å². The maximum atomic E-state index is 13.2. The zero-order valence-electron chi connectivity index (χ0n) is 10.6. The molecular formula is C15H11F5O. The van der Waals surface area contributed by atoms with Crippen LogP contribution < -0.4 is 0 Å². The number of hydrogen-bond acceptors (Lipinski definition) is 1. The molecule has 2 rings (SSSR count). The molecule has 21 heavy (non-hydrogen) atoms. The standard InChI is InChI=1S/C15H11F5O/c16-14(17,15(18,19)20)13(21)12-8-4-7-11(9-12)10-5-2-1-3-6-10/h1-9,13,21H. The molecule has 2 aromatic rings. The largest absolute Gasteiger partial charge is 0.456 e. The zero-order chi connectivity index (χ0) is 15.7. The smallest absolute Gasteiger partial charge is 0.382 e. The number of aliphatic hydroxyl groups excluding tert-OH is 1. The molecule has 0 spiro atoms. The Bertz CT molecular complexity index is 607. The average molecular weight is 302 g/mol. The van der Waals surface area contributed by atoms with Crippen molar-refractivity contribution in [3.63, 3.8) is 0 Å². The Morgan fingerprint density at radius 2 is 1.33 bits per heavy atom. The van der Waals surface area contributed by atoms with Crippen LogP contribution in [0.15, 0.2) is 54.6 Å². The molecule has 1 atom stereocenters. The van der Waals surface area contributed by atoms with Gasteiger partial charge in [-0.2, -0.15) is 22.0 Å². The van der Waals surface area contributed by atoms with Gasteiger partial charge in [0, 0.05) is 0 Å². The molecule has 0 saturated heterocycles. The van der Waals surface area contributed by atoms with Crippen LogP contribution in [0.4, 0.5) is 22.0 Å². The number of rotatable bonds is 3. The minimum Gasteiger partial charge on any atom is -0.382 e. The van der Waals surface area contributed by atoms with Crippen molar-refractivity contribution in [1.82, 2.24) is 0 Å². The van der Waals surface area contributed by atoms with E-state index in [-0.39, 0.29) is 0 Å². The number of benzene rings is 2. The Morgan fingerprint density at radius 1 is 0.762 bits per heavy atom. The third-order valence-electron chi connectivity index (χ3n) is 3.03. The summed E-state index contributed by atoms with van der Waals surface area (Å²) < 4.78 is 63.2. The molecule has 0 saturated carbocycles. The maximum absolute atomic E-state index is 13.2. The minimum atomic E-state index is -5.81. The van der Waals surface area contributed by atoms with Crippen LogP contribution in [0, 0.1) is 0 Å². The van der Waals surface area contributed by atoms with E-state index in [4.69, 9.17) is 0 Å². The number of hydrogen-bond donors (Lipinski definition) is 1. The van der Waals surface area contributed by atoms with E-state index in [1.165, 1.54) is 6.07 Å². The van der Waals surface area contributed by atoms with Crippen molar-refractivity contribution >= 4 is 0 Å². The summed E-state index contributed by atoms with van der Waals surface area (Å²) in [5.74, 6) is -5.21. The normalized spacial score (nSPS) is 14.0. The highest BCUT2D eigenvalue weighted by atomic mass is 19.4. The van der Waals surface area contributed by atoms with E-state index in [2.05, 4.69) is 0 Å². The lowest BCUT2D eigenvalue weighted by Gasteiger charge is -2.25. The SMILES string of the molecule is OC(c1cccc(-c2ccccc2)c1)C(F)(F)C(F)(F)F. The summed E-state index contributed by atoms with van der Waals surface area (Å²) in [6, 6.07) is 13.6. The maximum Gasteiger partial charge on any atom is 0.456 e. The monoisotopic (exact) mass is 302 g/mol. The summed E-state index contributed by atoms with van der Waals surface area (Å²) in [5.41, 5.74) is 0.616. The van der Waals surface area contributed by atoms with Crippen molar-refractivity contribution in [3.05, 3.63) is 60.2 Å². The van der Waals surface area contributed by atoms with E-state index in [1.54, 1.807) is 36.4 Å². The van der Waals surface area contributed by atoms with Crippen molar-refractivity contribution in [1.29, 1.82) is 0 Å². The van der Waals surface area contributed by atoms with Crippen molar-refractivity contribution in [2.24, 2.45) is 0 Å². The molecule has 0 fully saturated rings. The molecule has 1 unspecified atom stereocenters. The second-order valence-electron chi connectivity index (χ2n) is 4.51. The number of aliphatic hydroxyl groups is 1. The molecule has 2 aromatic carbocycles. The van der Waals surface area contributed by atoms with Gasteiger partial charge in [0.2, 0.25) is 0 Å². The fraction of sp³-hybridized carbons (Fsp3) is 0.200. The van der Waals surface area contributed by atoms with Gasteiger partial charge in [-0.3, -0.25) is 0 Å². The highest BCUT2D eigenvalue weighted by Gasteiger charge is 2.62. The van der Waals surface area contributed by atoms with Gasteiger partial charge in [0.1, 0.15) is 0 Å². The van der Waals surface area contributed by atoms with Crippen molar-refractivity contribution in [3.8, 4) is 11.1 Å². The Labute approximate surface area is 117 Å². The van der Waals surface area contributed by atoms with E-state index in [1.807, 2.05) is 0 Å². The van der Waals surface area contributed by atoms with Crippen LogP contribution in [-0.4, -0.2) is 17.2 Å². The van der Waals surface area contributed by atoms with Crippen LogP contribution in [0.5, 0.6) is 0 Å². The van der Waals surface area contributed by atoms with E-state index >= 15 is 0 Å². The summed E-state index contributed by atoms with van der Waals surface area (Å²) in [6.07, 6.45) is -8.75. The first-order chi connectivity index (χ1) is 9.73. The molecule has 1 nitrogen and oxygen atoms in total. The predicted octanol–water partition coefficient (Wildman–Crippen LogP) is 4.58. The first-order valence-electron chi connectivity index (χ1n) is 6.01. The van der Waals surface area contributed by atoms with Gasteiger partial charge < -0.3 is 5.11 Å². The molecule has 112 valence electrons. The highest BCUT2D eigenvalue weighted by molar-refractivity contribution is 5.64. The minimum absolute atomic E-state index is 0.449. The summed E-state index contributed by atoms with van der Waals surface area (Å²) >= 11 is 0. The Balaban J connectivity index is 2.38. The van der Waals surface area contributed by atoms with Gasteiger partial charge in [-0.15, -0.1) is 0 Å². The van der Waals surface area contributed by atoms with E-state index < -0.39 is 23.8 Å². The summed E-state index contributed by atoms with van der Waals surface area (Å²) in [4.78, 5) is 0. The zero-order valence-corrected chi connectivity index (χ0v) is 10.6.